The highest BCUT2D eigenvalue weighted by Crippen LogP contribution is 2.34. The molecule has 1 saturated carbocycles. The molecule has 1 atom stereocenters. The lowest BCUT2D eigenvalue weighted by Crippen LogP contribution is -2.17. The summed E-state index contributed by atoms with van der Waals surface area (Å²) in [5.74, 6) is 1.93. The van der Waals surface area contributed by atoms with Crippen molar-refractivity contribution in [1.82, 2.24) is 0 Å². The van der Waals surface area contributed by atoms with Gasteiger partial charge in [0.15, 0.2) is 0 Å². The molecule has 3 heteroatoms. The van der Waals surface area contributed by atoms with Crippen LogP contribution < -0.4 is 0 Å². The third kappa shape index (κ3) is 4.13. The van der Waals surface area contributed by atoms with Gasteiger partial charge in [-0.15, -0.1) is 0 Å². The maximum absolute atomic E-state index is 5.42. The molecule has 2 rings (SSSR count). The molecule has 0 aromatic heterocycles. The molecule has 2 aliphatic rings. The maximum atomic E-state index is 5.42. The first-order valence-corrected chi connectivity index (χ1v) is 7.52. The molecular formula is C14H24O2S. The molecule has 0 bridgehead atoms. The van der Waals surface area contributed by atoms with Crippen LogP contribution in [0.1, 0.15) is 58.3 Å². The van der Waals surface area contributed by atoms with Crippen LogP contribution in [0, 0.1) is 11.8 Å². The minimum Gasteiger partial charge on any atom is -0.453 e. The Morgan fingerprint density at radius 3 is 2.24 bits per heavy atom. The Kier molecular flexibility index (Phi) is 5.08. The number of hydrogen-bond acceptors (Lipinski definition) is 3. The molecule has 0 N–H and O–H groups in total. The molecule has 0 radical (unpaired) electrons. The summed E-state index contributed by atoms with van der Waals surface area (Å²) in [6.07, 6.45) is 11.1. The van der Waals surface area contributed by atoms with Crippen LogP contribution >= 0.6 is 12.2 Å². The fourth-order valence-electron chi connectivity index (χ4n) is 3.15. The number of hydrogen-bond donors (Lipinski definition) is 0. The monoisotopic (exact) mass is 256 g/mol. The molecule has 17 heavy (non-hydrogen) atoms. The topological polar surface area (TPSA) is 18.5 Å². The van der Waals surface area contributed by atoms with Crippen LogP contribution in [0.3, 0.4) is 0 Å². The van der Waals surface area contributed by atoms with Crippen molar-refractivity contribution >= 4 is 17.5 Å². The highest BCUT2D eigenvalue weighted by molar-refractivity contribution is 7.79. The van der Waals surface area contributed by atoms with Gasteiger partial charge in [-0.1, -0.05) is 45.4 Å². The van der Waals surface area contributed by atoms with Crippen LogP contribution in [0.15, 0.2) is 0 Å². The summed E-state index contributed by atoms with van der Waals surface area (Å²) < 4.78 is 10.6. The predicted molar refractivity (Wildman–Crippen MR) is 73.0 cm³/mol. The van der Waals surface area contributed by atoms with E-state index in [0.29, 0.717) is 11.8 Å². The van der Waals surface area contributed by atoms with Gasteiger partial charge in [0.25, 0.3) is 0 Å². The minimum atomic E-state index is 0.232. The van der Waals surface area contributed by atoms with Gasteiger partial charge in [-0.25, -0.2) is 0 Å². The van der Waals surface area contributed by atoms with Crippen LogP contribution in [-0.4, -0.2) is 17.9 Å². The van der Waals surface area contributed by atoms with E-state index in [2.05, 4.69) is 6.92 Å². The molecule has 0 spiro atoms. The van der Waals surface area contributed by atoms with E-state index in [1.54, 1.807) is 0 Å². The van der Waals surface area contributed by atoms with Gasteiger partial charge in [-0.2, -0.15) is 0 Å². The Bertz CT molecular complexity index is 247. The van der Waals surface area contributed by atoms with Crippen molar-refractivity contribution in [3.63, 3.8) is 0 Å². The first-order valence-electron chi connectivity index (χ1n) is 7.11. The second-order valence-electron chi connectivity index (χ2n) is 5.55. The zero-order valence-electron chi connectivity index (χ0n) is 10.8. The van der Waals surface area contributed by atoms with Crippen molar-refractivity contribution in [1.29, 1.82) is 0 Å². The van der Waals surface area contributed by atoms with E-state index in [0.717, 1.165) is 18.3 Å². The molecule has 1 unspecified atom stereocenters. The van der Waals surface area contributed by atoms with Crippen molar-refractivity contribution in [3.8, 4) is 0 Å². The summed E-state index contributed by atoms with van der Waals surface area (Å²) in [4.78, 5) is 0. The Morgan fingerprint density at radius 1 is 1.06 bits per heavy atom. The maximum Gasteiger partial charge on any atom is 0.352 e. The smallest absolute Gasteiger partial charge is 0.352 e. The molecule has 2 fully saturated rings. The Hall–Kier alpha value is -0.310. The highest BCUT2D eigenvalue weighted by atomic mass is 32.1. The van der Waals surface area contributed by atoms with Crippen molar-refractivity contribution in [3.05, 3.63) is 0 Å². The fraction of sp³-hybridized carbons (Fsp3) is 0.929. The van der Waals surface area contributed by atoms with Crippen molar-refractivity contribution in [2.45, 2.75) is 64.4 Å². The molecular weight excluding hydrogens is 232 g/mol. The van der Waals surface area contributed by atoms with Crippen LogP contribution in [0.4, 0.5) is 0 Å². The third-order valence-electron chi connectivity index (χ3n) is 4.21. The molecule has 1 heterocycles. The summed E-state index contributed by atoms with van der Waals surface area (Å²) in [5, 5.41) is 0.349. The summed E-state index contributed by atoms with van der Waals surface area (Å²) >= 11 is 4.87. The fourth-order valence-corrected chi connectivity index (χ4v) is 3.35. The molecule has 98 valence electrons. The average molecular weight is 256 g/mol. The van der Waals surface area contributed by atoms with Crippen LogP contribution in [0.5, 0.6) is 0 Å². The van der Waals surface area contributed by atoms with E-state index in [-0.39, 0.29) is 6.10 Å². The molecule has 1 saturated heterocycles. The Balaban J connectivity index is 1.60. The largest absolute Gasteiger partial charge is 0.453 e. The van der Waals surface area contributed by atoms with E-state index in [1.807, 2.05) is 0 Å². The van der Waals surface area contributed by atoms with Gasteiger partial charge < -0.3 is 9.47 Å². The van der Waals surface area contributed by atoms with E-state index >= 15 is 0 Å². The van der Waals surface area contributed by atoms with Crippen LogP contribution in [0.25, 0.3) is 0 Å². The third-order valence-corrected chi connectivity index (χ3v) is 4.42. The summed E-state index contributed by atoms with van der Waals surface area (Å²) in [6.45, 7) is 2.97. The summed E-state index contributed by atoms with van der Waals surface area (Å²) in [6, 6.07) is 0. The normalized spacial score (nSPS) is 33.2. The Morgan fingerprint density at radius 2 is 1.71 bits per heavy atom. The van der Waals surface area contributed by atoms with Crippen LogP contribution in [-0.2, 0) is 9.47 Å². The van der Waals surface area contributed by atoms with Crippen LogP contribution in [0.2, 0.25) is 0 Å². The van der Waals surface area contributed by atoms with Crippen molar-refractivity contribution in [2.24, 2.45) is 11.8 Å². The summed E-state index contributed by atoms with van der Waals surface area (Å²) in [7, 11) is 0. The van der Waals surface area contributed by atoms with Gasteiger partial charge in [0.2, 0.25) is 0 Å². The second-order valence-corrected chi connectivity index (χ2v) is 5.89. The Labute approximate surface area is 110 Å². The molecule has 0 aromatic carbocycles. The number of ether oxygens (including phenoxy) is 2. The lowest BCUT2D eigenvalue weighted by atomic mass is 9.78. The number of thiocarbonyl (C=S) groups is 1. The highest BCUT2D eigenvalue weighted by Gasteiger charge is 2.25. The van der Waals surface area contributed by atoms with Gasteiger partial charge in [0, 0.05) is 12.2 Å². The second kappa shape index (κ2) is 6.58. The number of rotatable bonds is 5. The van der Waals surface area contributed by atoms with Crippen molar-refractivity contribution < 1.29 is 9.47 Å². The van der Waals surface area contributed by atoms with Gasteiger partial charge >= 0.3 is 5.24 Å². The molecule has 0 aromatic rings. The van der Waals surface area contributed by atoms with E-state index < -0.39 is 0 Å². The molecule has 1 aliphatic heterocycles. The minimum absolute atomic E-state index is 0.232. The van der Waals surface area contributed by atoms with Gasteiger partial charge in [0.1, 0.15) is 12.7 Å². The lowest BCUT2D eigenvalue weighted by molar-refractivity contribution is 0.183. The molecule has 2 nitrogen and oxygen atoms in total. The van der Waals surface area contributed by atoms with E-state index in [1.165, 1.54) is 44.9 Å². The van der Waals surface area contributed by atoms with Gasteiger partial charge in [0.05, 0.1) is 0 Å². The van der Waals surface area contributed by atoms with E-state index in [9.17, 15) is 0 Å². The molecule has 0 amide bonds. The molecule has 1 aliphatic carbocycles. The van der Waals surface area contributed by atoms with Gasteiger partial charge in [-0.05, 0) is 24.7 Å². The predicted octanol–water partition coefficient (Wildman–Crippen LogP) is 4.07. The standard InChI is InChI=1S/C14H24O2S/c1-2-3-11-4-6-12(7-5-11)8-9-13-10-15-14(17)16-13/h11-13H,2-10H2,1H3. The zero-order chi connectivity index (χ0) is 12.1. The first kappa shape index (κ1) is 13.1. The average Bonchev–Trinajstić information content (AvgIpc) is 2.75. The summed E-state index contributed by atoms with van der Waals surface area (Å²) in [5.41, 5.74) is 0. The lowest BCUT2D eigenvalue weighted by Gasteiger charge is -2.28. The zero-order valence-corrected chi connectivity index (χ0v) is 11.6. The van der Waals surface area contributed by atoms with E-state index in [4.69, 9.17) is 21.7 Å². The first-order chi connectivity index (χ1) is 8.28. The SMILES string of the molecule is CCCC1CCC(CCC2COC(=S)O2)CC1. The van der Waals surface area contributed by atoms with Gasteiger partial charge in [-0.3, -0.25) is 0 Å². The van der Waals surface area contributed by atoms with Crippen molar-refractivity contribution in [2.75, 3.05) is 6.61 Å². The quantitative estimate of drug-likeness (QED) is 0.691.